The molecule has 1 aromatic rings. The molecule has 0 aromatic heterocycles. The van der Waals surface area contributed by atoms with Gasteiger partial charge in [0, 0.05) is 11.7 Å². The van der Waals surface area contributed by atoms with Crippen LogP contribution < -0.4 is 5.32 Å². The van der Waals surface area contributed by atoms with Crippen molar-refractivity contribution in [1.82, 2.24) is 0 Å². The van der Waals surface area contributed by atoms with Gasteiger partial charge in [0.05, 0.1) is 0 Å². The molecule has 0 aliphatic heterocycles. The van der Waals surface area contributed by atoms with Gasteiger partial charge in [-0.05, 0) is 41.7 Å². The van der Waals surface area contributed by atoms with Crippen LogP contribution in [-0.2, 0) is 0 Å². The van der Waals surface area contributed by atoms with Crippen molar-refractivity contribution < 1.29 is 0 Å². The Balaban J connectivity index is 2.19. The van der Waals surface area contributed by atoms with Crippen molar-refractivity contribution in [3.05, 3.63) is 29.8 Å². The molecule has 112 valence electrons. The second kappa shape index (κ2) is 6.20. The summed E-state index contributed by atoms with van der Waals surface area (Å²) < 4.78 is 0. The number of anilines is 1. The van der Waals surface area contributed by atoms with E-state index >= 15 is 0 Å². The van der Waals surface area contributed by atoms with Gasteiger partial charge in [0.1, 0.15) is 0 Å². The summed E-state index contributed by atoms with van der Waals surface area (Å²) in [6, 6.07) is 9.46. The molecule has 20 heavy (non-hydrogen) atoms. The molecule has 1 nitrogen and oxygen atoms in total. The number of nitrogens with one attached hydrogen (secondary N) is 1. The van der Waals surface area contributed by atoms with E-state index in [0.29, 0.717) is 17.4 Å². The third kappa shape index (κ3) is 3.56. The molecular weight excluding hydrogens is 242 g/mol. The second-order valence-electron chi connectivity index (χ2n) is 7.75. The molecule has 1 N–H and O–H groups in total. The Bertz CT molecular complexity index is 428. The maximum absolute atomic E-state index is 3.89. The van der Waals surface area contributed by atoms with Gasteiger partial charge in [-0.1, -0.05) is 65.7 Å². The van der Waals surface area contributed by atoms with Crippen LogP contribution in [0.2, 0.25) is 0 Å². The number of para-hydroxylation sites is 1. The van der Waals surface area contributed by atoms with Crippen molar-refractivity contribution >= 4 is 5.69 Å². The maximum atomic E-state index is 3.89. The smallest absolute Gasteiger partial charge is 0.0377 e. The van der Waals surface area contributed by atoms with E-state index in [1.807, 2.05) is 0 Å². The summed E-state index contributed by atoms with van der Waals surface area (Å²) in [5.74, 6) is 1.35. The molecule has 0 amide bonds. The van der Waals surface area contributed by atoms with Crippen LogP contribution in [0.15, 0.2) is 24.3 Å². The predicted molar refractivity (Wildman–Crippen MR) is 89.4 cm³/mol. The van der Waals surface area contributed by atoms with E-state index in [-0.39, 0.29) is 0 Å². The summed E-state index contributed by atoms with van der Waals surface area (Å²) in [4.78, 5) is 0. The zero-order valence-electron chi connectivity index (χ0n) is 13.9. The van der Waals surface area contributed by atoms with Crippen LogP contribution in [0, 0.1) is 11.3 Å². The summed E-state index contributed by atoms with van der Waals surface area (Å²) in [6.45, 7) is 11.7. The van der Waals surface area contributed by atoms with Gasteiger partial charge in [-0.3, -0.25) is 0 Å². The largest absolute Gasteiger partial charge is 0.382 e. The molecule has 2 rings (SSSR count). The first-order chi connectivity index (χ1) is 9.39. The summed E-state index contributed by atoms with van der Waals surface area (Å²) in [6.07, 6.45) is 5.44. The van der Waals surface area contributed by atoms with Crippen molar-refractivity contribution in [2.75, 3.05) is 5.32 Å². The zero-order chi connectivity index (χ0) is 14.8. The molecule has 1 aromatic carbocycles. The molecular formula is C19H31N. The minimum atomic E-state index is 0.394. The minimum absolute atomic E-state index is 0.394. The standard InChI is InChI=1S/C19H31N/c1-14(2)15-10-6-8-12-17(15)20-18-13-9-7-11-16(18)19(3,4)5/h6,8,10,12,14,16,18,20H,7,9,11,13H2,1-5H3. The van der Waals surface area contributed by atoms with E-state index in [1.54, 1.807) is 0 Å². The molecule has 2 unspecified atom stereocenters. The lowest BCUT2D eigenvalue weighted by Crippen LogP contribution is -2.40. The first kappa shape index (κ1) is 15.4. The molecule has 1 saturated carbocycles. The lowest BCUT2D eigenvalue weighted by molar-refractivity contribution is 0.163. The highest BCUT2D eigenvalue weighted by Gasteiger charge is 2.34. The molecule has 0 spiro atoms. The normalized spacial score (nSPS) is 23.9. The fourth-order valence-electron chi connectivity index (χ4n) is 3.67. The first-order valence-corrected chi connectivity index (χ1v) is 8.25. The summed E-state index contributed by atoms with van der Waals surface area (Å²) in [5, 5.41) is 3.89. The van der Waals surface area contributed by atoms with Gasteiger partial charge < -0.3 is 5.32 Å². The van der Waals surface area contributed by atoms with Gasteiger partial charge in [0.15, 0.2) is 0 Å². The third-order valence-corrected chi connectivity index (χ3v) is 4.80. The first-order valence-electron chi connectivity index (χ1n) is 8.25. The van der Waals surface area contributed by atoms with Crippen molar-refractivity contribution in [3.63, 3.8) is 0 Å². The van der Waals surface area contributed by atoms with Crippen molar-refractivity contribution in [2.45, 2.75) is 72.3 Å². The number of benzene rings is 1. The molecule has 1 heteroatoms. The van der Waals surface area contributed by atoms with Gasteiger partial charge >= 0.3 is 0 Å². The van der Waals surface area contributed by atoms with Crippen LogP contribution in [0.3, 0.4) is 0 Å². The Kier molecular flexibility index (Phi) is 4.78. The lowest BCUT2D eigenvalue weighted by Gasteiger charge is -2.41. The van der Waals surface area contributed by atoms with Gasteiger partial charge in [0.2, 0.25) is 0 Å². The number of hydrogen-bond acceptors (Lipinski definition) is 1. The Morgan fingerprint density at radius 3 is 2.35 bits per heavy atom. The third-order valence-electron chi connectivity index (χ3n) is 4.80. The number of rotatable bonds is 3. The Morgan fingerprint density at radius 1 is 1.05 bits per heavy atom. The molecule has 0 radical (unpaired) electrons. The van der Waals surface area contributed by atoms with E-state index in [4.69, 9.17) is 0 Å². The van der Waals surface area contributed by atoms with Crippen LogP contribution in [0.5, 0.6) is 0 Å². The monoisotopic (exact) mass is 273 g/mol. The fourth-order valence-corrected chi connectivity index (χ4v) is 3.67. The summed E-state index contributed by atoms with van der Waals surface area (Å²) >= 11 is 0. The van der Waals surface area contributed by atoms with Crippen molar-refractivity contribution in [1.29, 1.82) is 0 Å². The zero-order valence-corrected chi connectivity index (χ0v) is 13.9. The van der Waals surface area contributed by atoms with E-state index in [1.165, 1.54) is 36.9 Å². The highest BCUT2D eigenvalue weighted by Crippen LogP contribution is 2.40. The Hall–Kier alpha value is -0.980. The van der Waals surface area contributed by atoms with Crippen LogP contribution in [0.4, 0.5) is 5.69 Å². The molecule has 2 atom stereocenters. The summed E-state index contributed by atoms with van der Waals surface area (Å²) in [5.41, 5.74) is 3.19. The van der Waals surface area contributed by atoms with E-state index in [0.717, 1.165) is 5.92 Å². The topological polar surface area (TPSA) is 12.0 Å². The van der Waals surface area contributed by atoms with E-state index in [9.17, 15) is 0 Å². The SMILES string of the molecule is CC(C)c1ccccc1NC1CCCCC1C(C)(C)C. The predicted octanol–water partition coefficient (Wildman–Crippen LogP) is 5.83. The highest BCUT2D eigenvalue weighted by molar-refractivity contribution is 5.53. The van der Waals surface area contributed by atoms with Crippen molar-refractivity contribution in [2.24, 2.45) is 11.3 Å². The molecule has 0 heterocycles. The Morgan fingerprint density at radius 2 is 1.70 bits per heavy atom. The Labute approximate surface area is 125 Å². The van der Waals surface area contributed by atoms with E-state index in [2.05, 4.69) is 64.2 Å². The van der Waals surface area contributed by atoms with Crippen LogP contribution in [0.1, 0.15) is 71.8 Å². The molecule has 0 bridgehead atoms. The van der Waals surface area contributed by atoms with Gasteiger partial charge in [-0.2, -0.15) is 0 Å². The van der Waals surface area contributed by atoms with Gasteiger partial charge in [-0.25, -0.2) is 0 Å². The average molecular weight is 273 g/mol. The molecule has 1 fully saturated rings. The fraction of sp³-hybridized carbons (Fsp3) is 0.684. The summed E-state index contributed by atoms with van der Waals surface area (Å²) in [7, 11) is 0. The van der Waals surface area contributed by atoms with Gasteiger partial charge in [-0.15, -0.1) is 0 Å². The van der Waals surface area contributed by atoms with Crippen LogP contribution in [-0.4, -0.2) is 6.04 Å². The molecule has 0 saturated heterocycles. The van der Waals surface area contributed by atoms with Crippen LogP contribution in [0.25, 0.3) is 0 Å². The van der Waals surface area contributed by atoms with Crippen LogP contribution >= 0.6 is 0 Å². The molecule has 1 aliphatic rings. The van der Waals surface area contributed by atoms with Gasteiger partial charge in [0.25, 0.3) is 0 Å². The second-order valence-corrected chi connectivity index (χ2v) is 7.75. The number of hydrogen-bond donors (Lipinski definition) is 1. The van der Waals surface area contributed by atoms with Crippen molar-refractivity contribution in [3.8, 4) is 0 Å². The maximum Gasteiger partial charge on any atom is 0.0377 e. The lowest BCUT2D eigenvalue weighted by atomic mass is 9.69. The van der Waals surface area contributed by atoms with E-state index < -0.39 is 0 Å². The average Bonchev–Trinajstić information content (AvgIpc) is 2.38. The quantitative estimate of drug-likeness (QED) is 0.731. The molecule has 1 aliphatic carbocycles. The highest BCUT2D eigenvalue weighted by atomic mass is 14.9. The minimum Gasteiger partial charge on any atom is -0.382 e.